The van der Waals surface area contributed by atoms with Crippen molar-refractivity contribution < 1.29 is 9.84 Å². The van der Waals surface area contributed by atoms with Gasteiger partial charge < -0.3 is 9.84 Å². The van der Waals surface area contributed by atoms with Crippen LogP contribution >= 0.6 is 0 Å². The second-order valence-electron chi connectivity index (χ2n) is 10.7. The number of allylic oxidation sites excluding steroid dienone is 6. The van der Waals surface area contributed by atoms with E-state index in [4.69, 9.17) is 4.74 Å². The molecule has 0 radical (unpaired) electrons. The lowest BCUT2D eigenvalue weighted by Gasteiger charge is -2.36. The number of aromatic hydroxyl groups is 1. The molecule has 1 aromatic rings. The molecule has 0 saturated carbocycles. The van der Waals surface area contributed by atoms with Crippen molar-refractivity contribution in [3.05, 3.63) is 58.2 Å². The first kappa shape index (κ1) is 26.3. The Labute approximate surface area is 197 Å². The number of phenols is 1. The van der Waals surface area contributed by atoms with Gasteiger partial charge in [0.1, 0.15) is 17.1 Å². The average molecular weight is 439 g/mol. The third-order valence-electron chi connectivity index (χ3n) is 6.46. The predicted molar refractivity (Wildman–Crippen MR) is 139 cm³/mol. The first-order valence-corrected chi connectivity index (χ1v) is 12.6. The Kier molecular flexibility index (Phi) is 10.1. The normalized spacial score (nSPS) is 19.0. The summed E-state index contributed by atoms with van der Waals surface area (Å²) in [5.41, 5.74) is 6.40. The standard InChI is InChI=1S/C30H46O2/c1-22(2)11-8-12-24(5)13-9-14-25(6)15-10-17-30(7)18-16-26-20-28(31)27(19-23(3)4)21-29(26)32-30/h11,13,15,20-21,23,31H,8-10,12,14,16-19H2,1-7H3/b24-13+,25-15+. The molecule has 1 N–H and O–H groups in total. The van der Waals surface area contributed by atoms with Crippen LogP contribution in [-0.2, 0) is 12.8 Å². The number of hydrogen-bond donors (Lipinski definition) is 1. The topological polar surface area (TPSA) is 29.5 Å². The molecule has 178 valence electrons. The molecule has 0 aliphatic carbocycles. The summed E-state index contributed by atoms with van der Waals surface area (Å²) in [6, 6.07) is 4.00. The zero-order valence-corrected chi connectivity index (χ0v) is 21.7. The maximum absolute atomic E-state index is 10.3. The molecule has 1 atom stereocenters. The summed E-state index contributed by atoms with van der Waals surface area (Å²) in [6.07, 6.45) is 16.7. The highest BCUT2D eigenvalue weighted by atomic mass is 16.5. The van der Waals surface area contributed by atoms with Gasteiger partial charge in [-0.3, -0.25) is 0 Å². The molecule has 2 heteroatoms. The Hall–Kier alpha value is -1.96. The van der Waals surface area contributed by atoms with Gasteiger partial charge in [0.25, 0.3) is 0 Å². The molecule has 1 heterocycles. The van der Waals surface area contributed by atoms with Gasteiger partial charge in [0.05, 0.1) is 0 Å². The number of ether oxygens (including phenoxy) is 1. The largest absolute Gasteiger partial charge is 0.508 e. The van der Waals surface area contributed by atoms with Crippen molar-refractivity contribution >= 4 is 0 Å². The third-order valence-corrected chi connectivity index (χ3v) is 6.46. The maximum Gasteiger partial charge on any atom is 0.123 e. The average Bonchev–Trinajstić information content (AvgIpc) is 2.68. The zero-order chi connectivity index (χ0) is 23.7. The minimum Gasteiger partial charge on any atom is -0.508 e. The van der Waals surface area contributed by atoms with Gasteiger partial charge in [-0.25, -0.2) is 0 Å². The summed E-state index contributed by atoms with van der Waals surface area (Å²) >= 11 is 0. The van der Waals surface area contributed by atoms with Crippen LogP contribution in [0.25, 0.3) is 0 Å². The van der Waals surface area contributed by atoms with Gasteiger partial charge in [0, 0.05) is 0 Å². The molecule has 0 aromatic heterocycles. The van der Waals surface area contributed by atoms with Gasteiger partial charge in [-0.05, 0) is 122 Å². The van der Waals surface area contributed by atoms with Crippen LogP contribution in [0.1, 0.15) is 105 Å². The fourth-order valence-electron chi connectivity index (χ4n) is 4.40. The molecule has 0 bridgehead atoms. The second kappa shape index (κ2) is 12.3. The van der Waals surface area contributed by atoms with E-state index in [0.717, 1.165) is 68.2 Å². The highest BCUT2D eigenvalue weighted by Crippen LogP contribution is 2.39. The minimum absolute atomic E-state index is 0.128. The van der Waals surface area contributed by atoms with E-state index in [1.807, 2.05) is 6.07 Å². The Morgan fingerprint density at radius 2 is 1.62 bits per heavy atom. The lowest BCUT2D eigenvalue weighted by Crippen LogP contribution is -2.36. The smallest absolute Gasteiger partial charge is 0.123 e. The highest BCUT2D eigenvalue weighted by Gasteiger charge is 2.31. The molecule has 0 saturated heterocycles. The van der Waals surface area contributed by atoms with Crippen molar-refractivity contribution in [3.63, 3.8) is 0 Å². The molecule has 0 spiro atoms. The molecular formula is C30H46O2. The number of aryl methyl sites for hydroxylation is 1. The summed E-state index contributed by atoms with van der Waals surface area (Å²) in [6.45, 7) is 15.4. The molecule has 2 nitrogen and oxygen atoms in total. The lowest BCUT2D eigenvalue weighted by atomic mass is 9.87. The van der Waals surface area contributed by atoms with Crippen molar-refractivity contribution in [1.82, 2.24) is 0 Å². The number of hydrogen-bond acceptors (Lipinski definition) is 2. The van der Waals surface area contributed by atoms with E-state index in [-0.39, 0.29) is 5.60 Å². The van der Waals surface area contributed by atoms with E-state index in [1.165, 1.54) is 23.1 Å². The van der Waals surface area contributed by atoms with Crippen LogP contribution in [0, 0.1) is 5.92 Å². The molecule has 1 aliphatic heterocycles. The second-order valence-corrected chi connectivity index (χ2v) is 10.7. The van der Waals surface area contributed by atoms with Crippen LogP contribution in [-0.4, -0.2) is 10.7 Å². The molecule has 1 aromatic carbocycles. The summed E-state index contributed by atoms with van der Waals surface area (Å²) < 4.78 is 6.49. The predicted octanol–water partition coefficient (Wildman–Crippen LogP) is 8.87. The van der Waals surface area contributed by atoms with Crippen LogP contribution in [0.3, 0.4) is 0 Å². The van der Waals surface area contributed by atoms with Crippen LogP contribution in [0.4, 0.5) is 0 Å². The first-order chi connectivity index (χ1) is 15.1. The van der Waals surface area contributed by atoms with Crippen molar-refractivity contribution in [2.45, 2.75) is 112 Å². The van der Waals surface area contributed by atoms with E-state index in [0.29, 0.717) is 11.7 Å². The van der Waals surface area contributed by atoms with E-state index in [2.05, 4.69) is 72.8 Å². The Morgan fingerprint density at radius 1 is 1.00 bits per heavy atom. The SMILES string of the molecule is CC(C)=CCC/C(C)=C/CC/C(C)=C/CCC1(C)CCc2cc(O)c(CC(C)C)cc2O1. The van der Waals surface area contributed by atoms with Crippen LogP contribution < -0.4 is 4.74 Å². The van der Waals surface area contributed by atoms with Gasteiger partial charge in [0.15, 0.2) is 0 Å². The van der Waals surface area contributed by atoms with E-state index in [9.17, 15) is 5.11 Å². The summed E-state index contributed by atoms with van der Waals surface area (Å²) in [7, 11) is 0. The number of phenolic OH excluding ortho intramolecular Hbond substituents is 1. The van der Waals surface area contributed by atoms with E-state index in [1.54, 1.807) is 0 Å². The first-order valence-electron chi connectivity index (χ1n) is 12.6. The Bertz CT molecular complexity index is 837. The maximum atomic E-state index is 10.3. The van der Waals surface area contributed by atoms with Gasteiger partial charge in [-0.15, -0.1) is 0 Å². The molecule has 0 amide bonds. The quantitative estimate of drug-likeness (QED) is 0.349. The minimum atomic E-state index is -0.128. The van der Waals surface area contributed by atoms with Gasteiger partial charge in [-0.1, -0.05) is 48.8 Å². The third kappa shape index (κ3) is 8.88. The van der Waals surface area contributed by atoms with Crippen LogP contribution in [0.5, 0.6) is 11.5 Å². The molecular weight excluding hydrogens is 392 g/mol. The van der Waals surface area contributed by atoms with Crippen molar-refractivity contribution in [2.24, 2.45) is 5.92 Å². The summed E-state index contributed by atoms with van der Waals surface area (Å²) in [5.74, 6) is 1.91. The zero-order valence-electron chi connectivity index (χ0n) is 21.7. The summed E-state index contributed by atoms with van der Waals surface area (Å²) in [5, 5.41) is 10.3. The monoisotopic (exact) mass is 438 g/mol. The van der Waals surface area contributed by atoms with E-state index < -0.39 is 0 Å². The number of benzene rings is 1. The number of fused-ring (bicyclic) bond motifs is 1. The van der Waals surface area contributed by atoms with Crippen molar-refractivity contribution in [2.75, 3.05) is 0 Å². The van der Waals surface area contributed by atoms with Gasteiger partial charge in [0.2, 0.25) is 0 Å². The highest BCUT2D eigenvalue weighted by molar-refractivity contribution is 5.47. The van der Waals surface area contributed by atoms with Gasteiger partial charge in [-0.2, -0.15) is 0 Å². The van der Waals surface area contributed by atoms with Crippen molar-refractivity contribution in [3.8, 4) is 11.5 Å². The molecule has 0 fully saturated rings. The Balaban J connectivity index is 1.84. The van der Waals surface area contributed by atoms with E-state index >= 15 is 0 Å². The molecule has 1 aliphatic rings. The molecule has 32 heavy (non-hydrogen) atoms. The van der Waals surface area contributed by atoms with Gasteiger partial charge >= 0.3 is 0 Å². The van der Waals surface area contributed by atoms with Crippen LogP contribution in [0.2, 0.25) is 0 Å². The fraction of sp³-hybridized carbons (Fsp3) is 0.600. The summed E-state index contributed by atoms with van der Waals surface area (Å²) in [4.78, 5) is 0. The van der Waals surface area contributed by atoms with Crippen molar-refractivity contribution in [1.29, 1.82) is 0 Å². The number of rotatable bonds is 11. The lowest BCUT2D eigenvalue weighted by molar-refractivity contribution is 0.0569. The fourth-order valence-corrected chi connectivity index (χ4v) is 4.40. The Morgan fingerprint density at radius 3 is 2.25 bits per heavy atom. The molecule has 1 unspecified atom stereocenters. The van der Waals surface area contributed by atoms with Crippen LogP contribution in [0.15, 0.2) is 47.1 Å². The molecule has 2 rings (SSSR count).